The second-order valence-electron chi connectivity index (χ2n) is 2.86. The second-order valence-corrected chi connectivity index (χ2v) is 4.15. The smallest absolute Gasteiger partial charge is 0.131 e. The molecule has 0 amide bonds. The molecule has 1 aromatic rings. The van der Waals surface area contributed by atoms with Crippen molar-refractivity contribution in [2.24, 2.45) is 0 Å². The molecule has 0 aliphatic carbocycles. The van der Waals surface area contributed by atoms with Gasteiger partial charge in [0, 0.05) is 21.6 Å². The van der Waals surface area contributed by atoms with Crippen LogP contribution in [-0.4, -0.2) is 18.7 Å². The van der Waals surface area contributed by atoms with Gasteiger partial charge in [-0.05, 0) is 19.2 Å². The van der Waals surface area contributed by atoms with E-state index in [0.717, 1.165) is 0 Å². The van der Waals surface area contributed by atoms with E-state index in [0.29, 0.717) is 9.50 Å². The zero-order valence-electron chi connectivity index (χ0n) is 7.52. The molecule has 1 unspecified atom stereocenters. The molecule has 1 aromatic carbocycles. The standard InChI is InChI=1S/C9H10BrClFNO/c1-13-4-8(14)9-6(10)2-5(11)3-7(9)12/h2-3,8,13-14H,4H2,1H3. The highest BCUT2D eigenvalue weighted by Gasteiger charge is 2.16. The Bertz CT molecular complexity index is 312. The molecule has 0 spiro atoms. The van der Waals surface area contributed by atoms with Gasteiger partial charge in [0.15, 0.2) is 0 Å². The van der Waals surface area contributed by atoms with Gasteiger partial charge >= 0.3 is 0 Å². The summed E-state index contributed by atoms with van der Waals surface area (Å²) in [5, 5.41) is 12.7. The maximum Gasteiger partial charge on any atom is 0.131 e. The van der Waals surface area contributed by atoms with Crippen LogP contribution in [0.3, 0.4) is 0 Å². The quantitative estimate of drug-likeness (QED) is 0.893. The van der Waals surface area contributed by atoms with Crippen LogP contribution in [0, 0.1) is 5.82 Å². The molecule has 2 nitrogen and oxygen atoms in total. The molecular weight excluding hydrogens is 272 g/mol. The van der Waals surface area contributed by atoms with E-state index in [9.17, 15) is 9.50 Å². The molecule has 0 heterocycles. The lowest BCUT2D eigenvalue weighted by Crippen LogP contribution is -2.18. The third-order valence-electron chi connectivity index (χ3n) is 1.77. The van der Waals surface area contributed by atoms with E-state index in [1.165, 1.54) is 6.07 Å². The zero-order chi connectivity index (χ0) is 10.7. The highest BCUT2D eigenvalue weighted by molar-refractivity contribution is 9.10. The molecule has 1 atom stereocenters. The van der Waals surface area contributed by atoms with Gasteiger partial charge < -0.3 is 10.4 Å². The van der Waals surface area contributed by atoms with E-state index in [2.05, 4.69) is 21.2 Å². The summed E-state index contributed by atoms with van der Waals surface area (Å²) in [5.41, 5.74) is 0.226. The van der Waals surface area contributed by atoms with Crippen LogP contribution in [0.5, 0.6) is 0 Å². The summed E-state index contributed by atoms with van der Waals surface area (Å²) in [7, 11) is 1.69. The van der Waals surface area contributed by atoms with Gasteiger partial charge in [0.25, 0.3) is 0 Å². The van der Waals surface area contributed by atoms with Crippen molar-refractivity contribution in [3.63, 3.8) is 0 Å². The third kappa shape index (κ3) is 2.67. The van der Waals surface area contributed by atoms with Gasteiger partial charge in [-0.3, -0.25) is 0 Å². The summed E-state index contributed by atoms with van der Waals surface area (Å²) >= 11 is 8.79. The average molecular weight is 283 g/mol. The van der Waals surface area contributed by atoms with Gasteiger partial charge in [0.05, 0.1) is 6.10 Å². The predicted molar refractivity (Wildman–Crippen MR) is 58.0 cm³/mol. The number of hydrogen-bond donors (Lipinski definition) is 2. The first kappa shape index (κ1) is 11.9. The molecule has 1 rings (SSSR count). The fraction of sp³-hybridized carbons (Fsp3) is 0.333. The summed E-state index contributed by atoms with van der Waals surface area (Å²) in [4.78, 5) is 0. The number of likely N-dealkylation sites (N-methyl/N-ethyl adjacent to an activating group) is 1. The van der Waals surface area contributed by atoms with Gasteiger partial charge in [0.1, 0.15) is 5.82 Å². The number of aliphatic hydroxyl groups excluding tert-OH is 1. The van der Waals surface area contributed by atoms with Crippen molar-refractivity contribution >= 4 is 27.5 Å². The molecule has 0 aromatic heterocycles. The van der Waals surface area contributed by atoms with Crippen LogP contribution in [0.15, 0.2) is 16.6 Å². The fourth-order valence-corrected chi connectivity index (χ4v) is 2.20. The molecule has 2 N–H and O–H groups in total. The van der Waals surface area contributed by atoms with Crippen molar-refractivity contribution in [3.8, 4) is 0 Å². The Morgan fingerprint density at radius 1 is 1.64 bits per heavy atom. The first-order chi connectivity index (χ1) is 6.56. The van der Waals surface area contributed by atoms with Gasteiger partial charge in [-0.25, -0.2) is 4.39 Å². The van der Waals surface area contributed by atoms with Crippen LogP contribution < -0.4 is 5.32 Å². The highest BCUT2D eigenvalue weighted by atomic mass is 79.9. The van der Waals surface area contributed by atoms with E-state index in [1.54, 1.807) is 13.1 Å². The van der Waals surface area contributed by atoms with Crippen LogP contribution in [0.2, 0.25) is 5.02 Å². The number of halogens is 3. The highest BCUT2D eigenvalue weighted by Crippen LogP contribution is 2.29. The lowest BCUT2D eigenvalue weighted by molar-refractivity contribution is 0.172. The van der Waals surface area contributed by atoms with E-state index in [-0.39, 0.29) is 12.1 Å². The minimum absolute atomic E-state index is 0.226. The maximum atomic E-state index is 13.4. The summed E-state index contributed by atoms with van der Waals surface area (Å²) in [6.07, 6.45) is -0.883. The summed E-state index contributed by atoms with van der Waals surface area (Å²) in [6.45, 7) is 0.289. The molecule has 14 heavy (non-hydrogen) atoms. The Balaban J connectivity index is 3.07. The number of hydrogen-bond acceptors (Lipinski definition) is 2. The first-order valence-electron chi connectivity index (χ1n) is 4.03. The van der Waals surface area contributed by atoms with Gasteiger partial charge in [-0.15, -0.1) is 0 Å². The Labute approximate surface area is 95.2 Å². The van der Waals surface area contributed by atoms with Crippen molar-refractivity contribution in [3.05, 3.63) is 33.0 Å². The van der Waals surface area contributed by atoms with Gasteiger partial charge in [-0.2, -0.15) is 0 Å². The predicted octanol–water partition coefficient (Wildman–Crippen LogP) is 2.49. The Morgan fingerprint density at radius 2 is 2.29 bits per heavy atom. The molecule has 0 aliphatic rings. The summed E-state index contributed by atoms with van der Waals surface area (Å²) in [6, 6.07) is 2.74. The number of rotatable bonds is 3. The lowest BCUT2D eigenvalue weighted by Gasteiger charge is -2.13. The van der Waals surface area contributed by atoms with Crippen molar-refractivity contribution in [1.82, 2.24) is 5.32 Å². The molecule has 0 aliphatic heterocycles. The Morgan fingerprint density at radius 3 is 2.79 bits per heavy atom. The van der Waals surface area contributed by atoms with Crippen LogP contribution in [-0.2, 0) is 0 Å². The third-order valence-corrected chi connectivity index (χ3v) is 2.65. The first-order valence-corrected chi connectivity index (χ1v) is 5.20. The molecule has 0 bridgehead atoms. The molecule has 0 saturated carbocycles. The number of benzene rings is 1. The molecule has 0 radical (unpaired) electrons. The van der Waals surface area contributed by atoms with E-state index >= 15 is 0 Å². The molecule has 0 saturated heterocycles. The number of nitrogens with one attached hydrogen (secondary N) is 1. The molecule has 0 fully saturated rings. The van der Waals surface area contributed by atoms with Crippen LogP contribution in [0.25, 0.3) is 0 Å². The van der Waals surface area contributed by atoms with E-state index in [4.69, 9.17) is 11.6 Å². The van der Waals surface area contributed by atoms with Crippen LogP contribution >= 0.6 is 27.5 Å². The minimum Gasteiger partial charge on any atom is -0.387 e. The lowest BCUT2D eigenvalue weighted by atomic mass is 10.1. The second kappa shape index (κ2) is 5.07. The average Bonchev–Trinajstić information content (AvgIpc) is 2.01. The summed E-state index contributed by atoms with van der Waals surface area (Å²) < 4.78 is 13.9. The van der Waals surface area contributed by atoms with E-state index < -0.39 is 11.9 Å². The molecule has 5 heteroatoms. The van der Waals surface area contributed by atoms with Crippen LogP contribution in [0.4, 0.5) is 4.39 Å². The van der Waals surface area contributed by atoms with E-state index in [1.807, 2.05) is 0 Å². The zero-order valence-corrected chi connectivity index (χ0v) is 9.86. The Hall–Kier alpha value is -0.160. The SMILES string of the molecule is CNCC(O)c1c(F)cc(Cl)cc1Br. The van der Waals surface area contributed by atoms with Crippen molar-refractivity contribution in [2.45, 2.75) is 6.10 Å². The van der Waals surface area contributed by atoms with Gasteiger partial charge in [0.2, 0.25) is 0 Å². The molecular formula is C9H10BrClFNO. The maximum absolute atomic E-state index is 13.4. The van der Waals surface area contributed by atoms with Crippen molar-refractivity contribution in [1.29, 1.82) is 0 Å². The fourth-order valence-electron chi connectivity index (χ4n) is 1.17. The monoisotopic (exact) mass is 281 g/mol. The topological polar surface area (TPSA) is 32.3 Å². The number of aliphatic hydroxyl groups is 1. The van der Waals surface area contributed by atoms with Crippen molar-refractivity contribution in [2.75, 3.05) is 13.6 Å². The normalized spacial score (nSPS) is 12.9. The molecule has 78 valence electrons. The largest absolute Gasteiger partial charge is 0.387 e. The summed E-state index contributed by atoms with van der Waals surface area (Å²) in [5.74, 6) is -0.507. The van der Waals surface area contributed by atoms with Crippen molar-refractivity contribution < 1.29 is 9.50 Å². The van der Waals surface area contributed by atoms with Crippen LogP contribution in [0.1, 0.15) is 11.7 Å². The Kier molecular flexibility index (Phi) is 4.31. The van der Waals surface area contributed by atoms with Gasteiger partial charge in [-0.1, -0.05) is 27.5 Å². The minimum atomic E-state index is -0.883.